The summed E-state index contributed by atoms with van der Waals surface area (Å²) in [4.78, 5) is 84.4. The average molecular weight is 1110 g/mol. The van der Waals surface area contributed by atoms with E-state index in [0.29, 0.717) is 35.3 Å². The van der Waals surface area contributed by atoms with Crippen molar-refractivity contribution < 1.29 is 33.4 Å². The summed E-state index contributed by atoms with van der Waals surface area (Å²) in [6.07, 6.45) is 13.2. The fraction of sp³-hybridized carbons (Fsp3) is 0.381. The van der Waals surface area contributed by atoms with Crippen LogP contribution in [0, 0.1) is 12.3 Å². The van der Waals surface area contributed by atoms with Gasteiger partial charge < -0.3 is 60.6 Å². The lowest BCUT2D eigenvalue weighted by Gasteiger charge is -2.45. The Morgan fingerprint density at radius 2 is 1.57 bits per heavy atom. The second-order valence-corrected chi connectivity index (χ2v) is 22.2. The number of pyridine rings is 1. The molecule has 424 valence electrons. The van der Waals surface area contributed by atoms with Gasteiger partial charge in [-0.05, 0) is 97.0 Å². The maximum atomic E-state index is 13.5. The van der Waals surface area contributed by atoms with Crippen LogP contribution in [0.3, 0.4) is 0 Å². The lowest BCUT2D eigenvalue weighted by Crippen LogP contribution is -2.55. The summed E-state index contributed by atoms with van der Waals surface area (Å²) in [5.74, 6) is 0.818. The summed E-state index contributed by atoms with van der Waals surface area (Å²) >= 11 is 0. The van der Waals surface area contributed by atoms with Gasteiger partial charge in [0.15, 0.2) is 5.60 Å². The molecule has 0 bridgehead atoms. The third kappa shape index (κ3) is 11.8. The number of anilines is 1. The third-order valence-corrected chi connectivity index (χ3v) is 16.6. The number of hydrogen-bond acceptors (Lipinski definition) is 13. The van der Waals surface area contributed by atoms with Crippen LogP contribution in [0.1, 0.15) is 80.2 Å². The van der Waals surface area contributed by atoms with E-state index in [2.05, 4.69) is 55.0 Å². The maximum Gasteiger partial charge on any atom is 0.407 e. The van der Waals surface area contributed by atoms with Gasteiger partial charge in [0.05, 0.1) is 43.4 Å². The van der Waals surface area contributed by atoms with Crippen LogP contribution >= 0.6 is 0 Å². The molecule has 4 aromatic carbocycles. The fourth-order valence-electron chi connectivity index (χ4n) is 12.0. The van der Waals surface area contributed by atoms with Crippen molar-refractivity contribution in [3.8, 4) is 34.6 Å². The number of fused-ring (bicyclic) bond motifs is 5. The Balaban J connectivity index is 0.816. The predicted molar refractivity (Wildman–Crippen MR) is 312 cm³/mol. The molecule has 19 heteroatoms. The number of likely N-dealkylation sites (tertiary alicyclic amines) is 1. The molecule has 0 spiro atoms. The van der Waals surface area contributed by atoms with Crippen LogP contribution in [-0.4, -0.2) is 131 Å². The SMILES string of the molecule is C#CCNC1(C)CCN(C2CCN(c3nc([C@@](COCNC(=O)CNC(=O)[C@H](CC(N)=O)NC(=O)OCC4c5ccccc5-c5ccccc54)(OC4CC4)c4ccccc4)c4cc(-c5cn(C)c(=O)c6[nH]ccc56)ccc4n3)CC2)CC1. The van der Waals surface area contributed by atoms with Crippen LogP contribution in [0.5, 0.6) is 0 Å². The number of nitrogens with two attached hydrogens (primary N) is 1. The molecule has 5 heterocycles. The smallest absolute Gasteiger partial charge is 0.407 e. The minimum absolute atomic E-state index is 0.0139. The molecule has 3 fully saturated rings. The first-order valence-corrected chi connectivity index (χ1v) is 28.2. The van der Waals surface area contributed by atoms with Crippen LogP contribution in [0.2, 0.25) is 0 Å². The van der Waals surface area contributed by atoms with Gasteiger partial charge in [0, 0.05) is 79.5 Å². The average Bonchev–Trinajstić information content (AvgIpc) is 3.10. The second-order valence-electron chi connectivity index (χ2n) is 22.2. The van der Waals surface area contributed by atoms with Crippen LogP contribution in [0.25, 0.3) is 44.1 Å². The molecule has 1 saturated carbocycles. The van der Waals surface area contributed by atoms with Gasteiger partial charge >= 0.3 is 6.09 Å². The zero-order valence-corrected chi connectivity index (χ0v) is 46.2. The Labute approximate surface area is 475 Å². The molecule has 19 nitrogen and oxygen atoms in total. The molecular formula is C63H69N11O8. The van der Waals surface area contributed by atoms with E-state index in [1.807, 2.05) is 103 Å². The maximum absolute atomic E-state index is 13.5. The van der Waals surface area contributed by atoms with E-state index in [1.54, 1.807) is 17.8 Å². The van der Waals surface area contributed by atoms with Crippen molar-refractivity contribution in [2.24, 2.45) is 12.8 Å². The van der Waals surface area contributed by atoms with Crippen molar-refractivity contribution in [3.05, 3.63) is 148 Å². The van der Waals surface area contributed by atoms with Crippen molar-refractivity contribution in [3.63, 3.8) is 0 Å². The van der Waals surface area contributed by atoms with Crippen molar-refractivity contribution in [1.29, 1.82) is 0 Å². The monoisotopic (exact) mass is 1110 g/mol. The molecule has 0 unspecified atom stereocenters. The lowest BCUT2D eigenvalue weighted by molar-refractivity contribution is -0.130. The summed E-state index contributed by atoms with van der Waals surface area (Å²) in [6, 6.07) is 32.6. The number of alkyl carbamates (subject to hydrolysis) is 1. The van der Waals surface area contributed by atoms with E-state index in [9.17, 15) is 24.0 Å². The molecule has 4 amide bonds. The fourth-order valence-corrected chi connectivity index (χ4v) is 12.0. The highest BCUT2D eigenvalue weighted by molar-refractivity contribution is 5.98. The molecule has 2 aliphatic carbocycles. The first-order chi connectivity index (χ1) is 39.8. The number of aromatic nitrogens is 4. The number of carbonyl (C=O) groups excluding carboxylic acids is 4. The van der Waals surface area contributed by atoms with Gasteiger partial charge in [0.25, 0.3) is 5.56 Å². The van der Waals surface area contributed by atoms with Crippen LogP contribution < -0.4 is 37.5 Å². The minimum Gasteiger partial charge on any atom is -0.449 e. The molecule has 11 rings (SSSR count). The van der Waals surface area contributed by atoms with Crippen molar-refractivity contribution in [2.75, 3.05) is 64.1 Å². The summed E-state index contributed by atoms with van der Waals surface area (Å²) in [5, 5.41) is 12.8. The lowest BCUT2D eigenvalue weighted by atomic mass is 9.87. The van der Waals surface area contributed by atoms with E-state index in [1.165, 1.54) is 0 Å². The standard InChI is InChI=1S/C63H69N11O8/c1-4-27-68-62(2)25-31-73(32-26-62)42-23-29-74(30-24-42)60-69-52-21-18-40(50-36-72(3)59(78)56-48(50)22-28-65-56)33-49(52)57(71-60)63(82-43-19-20-43,41-12-6-5-7-13-41)38-80-39-67-55(76)35-66-58(77)53(34-54(64)75)70-61(79)81-37-51-46-16-10-8-14-44(46)45-15-9-11-17-47(45)51/h1,5-18,21-22,28,33,36,42-43,51,53,65,68H,19-20,23-27,29-32,34-35,37-39H2,2-3H3,(H2,64,75)(H,66,77)(H,67,76)(H,70,79)/t53-,63-/m0/s1. The van der Waals surface area contributed by atoms with E-state index >= 15 is 0 Å². The number of rotatable bonds is 21. The van der Waals surface area contributed by atoms with Gasteiger partial charge in [-0.25, -0.2) is 14.8 Å². The number of piperidine rings is 2. The number of nitrogens with one attached hydrogen (secondary N) is 5. The molecule has 2 aliphatic heterocycles. The number of nitrogens with zero attached hydrogens (tertiary/aromatic N) is 5. The van der Waals surface area contributed by atoms with E-state index in [-0.39, 0.29) is 43.1 Å². The van der Waals surface area contributed by atoms with Gasteiger partial charge in [-0.2, -0.15) is 0 Å². The molecule has 82 heavy (non-hydrogen) atoms. The number of amides is 4. The zero-order chi connectivity index (χ0) is 57.0. The Hall–Kier alpha value is -8.41. The Bertz CT molecular complexity index is 3570. The van der Waals surface area contributed by atoms with Gasteiger partial charge in [0.1, 0.15) is 24.9 Å². The van der Waals surface area contributed by atoms with Crippen molar-refractivity contribution in [2.45, 2.75) is 87.1 Å². The number of aromatic amines is 1. The molecule has 0 radical (unpaired) electrons. The van der Waals surface area contributed by atoms with Crippen LogP contribution in [0.15, 0.2) is 120 Å². The molecule has 7 aromatic rings. The molecule has 7 N–H and O–H groups in total. The summed E-state index contributed by atoms with van der Waals surface area (Å²) < 4.78 is 20.9. The third-order valence-electron chi connectivity index (χ3n) is 16.6. The Morgan fingerprint density at radius 1 is 0.866 bits per heavy atom. The number of terminal acetylenes is 1. The summed E-state index contributed by atoms with van der Waals surface area (Å²) in [5.41, 5.74) is 12.4. The predicted octanol–water partition coefficient (Wildman–Crippen LogP) is 5.93. The normalized spacial score (nSPS) is 17.3. The van der Waals surface area contributed by atoms with Gasteiger partial charge in [-0.3, -0.25) is 19.2 Å². The number of H-pyrrole nitrogens is 1. The highest BCUT2D eigenvalue weighted by Crippen LogP contribution is 2.46. The van der Waals surface area contributed by atoms with Gasteiger partial charge in [0.2, 0.25) is 23.7 Å². The van der Waals surface area contributed by atoms with Gasteiger partial charge in [-0.1, -0.05) is 90.8 Å². The van der Waals surface area contributed by atoms with E-state index < -0.39 is 48.4 Å². The zero-order valence-electron chi connectivity index (χ0n) is 46.2. The highest BCUT2D eigenvalue weighted by Gasteiger charge is 2.45. The summed E-state index contributed by atoms with van der Waals surface area (Å²) in [7, 11) is 1.74. The molecular weight excluding hydrogens is 1040 g/mol. The number of carbonyl (C=O) groups is 4. The van der Waals surface area contributed by atoms with Crippen molar-refractivity contribution >= 4 is 51.6 Å². The number of hydrogen-bond donors (Lipinski definition) is 6. The van der Waals surface area contributed by atoms with Crippen LogP contribution in [-0.2, 0) is 41.2 Å². The van der Waals surface area contributed by atoms with Crippen LogP contribution in [0.4, 0.5) is 10.7 Å². The Morgan fingerprint density at radius 3 is 2.27 bits per heavy atom. The Kier molecular flexibility index (Phi) is 16.2. The first kappa shape index (κ1) is 55.5. The van der Waals surface area contributed by atoms with E-state index in [0.717, 1.165) is 114 Å². The molecule has 4 aliphatic rings. The second kappa shape index (κ2) is 24.0. The minimum atomic E-state index is -1.42. The number of benzene rings is 4. The highest BCUT2D eigenvalue weighted by atomic mass is 16.6. The number of primary amides is 1. The van der Waals surface area contributed by atoms with E-state index in [4.69, 9.17) is 36.3 Å². The quantitative estimate of drug-likeness (QED) is 0.0278. The summed E-state index contributed by atoms with van der Waals surface area (Å²) in [6.45, 7) is 5.42. The molecule has 3 aromatic heterocycles. The topological polar surface area (TPSA) is 240 Å². The largest absolute Gasteiger partial charge is 0.449 e. The molecule has 2 atom stereocenters. The molecule has 2 saturated heterocycles. The number of aryl methyl sites for hydroxylation is 1. The van der Waals surface area contributed by atoms with Gasteiger partial charge in [-0.15, -0.1) is 6.42 Å². The number of ether oxygens (including phenoxy) is 3. The first-order valence-electron chi connectivity index (χ1n) is 28.2. The van der Waals surface area contributed by atoms with Crippen molar-refractivity contribution in [1.82, 2.24) is 45.7 Å².